The molecule has 0 aliphatic carbocycles. The molecule has 16 heavy (non-hydrogen) atoms. The summed E-state index contributed by atoms with van der Waals surface area (Å²) in [6, 6.07) is 5.03. The van der Waals surface area contributed by atoms with E-state index in [1.165, 1.54) is 23.5 Å². The van der Waals surface area contributed by atoms with E-state index < -0.39 is 11.7 Å². The van der Waals surface area contributed by atoms with Gasteiger partial charge in [-0.1, -0.05) is 12.1 Å². The Morgan fingerprint density at radius 3 is 2.19 bits per heavy atom. The predicted molar refractivity (Wildman–Crippen MR) is 65.3 cm³/mol. The average molecular weight is 355 g/mol. The van der Waals surface area contributed by atoms with Crippen LogP contribution in [0.2, 0.25) is 0 Å². The zero-order chi connectivity index (χ0) is 11.8. The van der Waals surface area contributed by atoms with E-state index in [-0.39, 0.29) is 0 Å². The highest BCUT2D eigenvalue weighted by Gasteiger charge is 2.30. The van der Waals surface area contributed by atoms with Crippen LogP contribution < -0.4 is 0 Å². The number of hydrogen-bond donors (Lipinski definition) is 0. The van der Waals surface area contributed by atoms with Crippen molar-refractivity contribution in [1.29, 1.82) is 0 Å². The first kappa shape index (κ1) is 11.8. The van der Waals surface area contributed by atoms with E-state index in [4.69, 9.17) is 0 Å². The van der Waals surface area contributed by atoms with Crippen LogP contribution in [0.15, 0.2) is 30.5 Å². The number of hydrogen-bond acceptors (Lipinski definition) is 2. The van der Waals surface area contributed by atoms with Gasteiger partial charge in [0.2, 0.25) is 0 Å². The number of halogens is 4. The van der Waals surface area contributed by atoms with Gasteiger partial charge < -0.3 is 0 Å². The first-order valence-corrected chi connectivity index (χ1v) is 6.15. The monoisotopic (exact) mass is 355 g/mol. The van der Waals surface area contributed by atoms with Gasteiger partial charge >= 0.3 is 6.18 Å². The molecular formula is C10H5F3INS. The summed E-state index contributed by atoms with van der Waals surface area (Å²) in [6.07, 6.45) is -2.59. The molecule has 1 heterocycles. The van der Waals surface area contributed by atoms with E-state index in [2.05, 4.69) is 27.6 Å². The Hall–Kier alpha value is -0.630. The Balaban J connectivity index is 2.33. The van der Waals surface area contributed by atoms with Crippen molar-refractivity contribution in [3.05, 3.63) is 38.9 Å². The molecule has 0 atom stereocenters. The highest BCUT2D eigenvalue weighted by atomic mass is 127. The molecule has 6 heteroatoms. The molecule has 0 spiro atoms. The van der Waals surface area contributed by atoms with Crippen LogP contribution in [-0.2, 0) is 6.18 Å². The Morgan fingerprint density at radius 2 is 1.75 bits per heavy atom. The van der Waals surface area contributed by atoms with Crippen molar-refractivity contribution in [3.8, 4) is 10.6 Å². The Labute approximate surface area is 107 Å². The van der Waals surface area contributed by atoms with Crippen LogP contribution in [0.4, 0.5) is 13.2 Å². The molecule has 0 aliphatic heterocycles. The minimum absolute atomic E-state index is 0.637. The van der Waals surface area contributed by atoms with Crippen LogP contribution in [0.5, 0.6) is 0 Å². The third kappa shape index (κ3) is 2.54. The summed E-state index contributed by atoms with van der Waals surface area (Å²) in [4.78, 5) is 4.11. The summed E-state index contributed by atoms with van der Waals surface area (Å²) in [5, 5.41) is 0.734. The van der Waals surface area contributed by atoms with Crippen molar-refractivity contribution < 1.29 is 13.2 Å². The lowest BCUT2D eigenvalue weighted by Gasteiger charge is -2.06. The minimum Gasteiger partial charge on any atom is -0.243 e. The van der Waals surface area contributed by atoms with Crippen molar-refractivity contribution in [2.75, 3.05) is 0 Å². The lowest BCUT2D eigenvalue weighted by atomic mass is 10.1. The SMILES string of the molecule is FC(F)(F)c1ccc(-c2ncc(I)s2)cc1. The Bertz CT molecular complexity index is 490. The second kappa shape index (κ2) is 4.33. The molecule has 0 radical (unpaired) electrons. The molecule has 0 bridgehead atoms. The molecule has 0 amide bonds. The largest absolute Gasteiger partial charge is 0.416 e. The summed E-state index contributed by atoms with van der Waals surface area (Å²) in [5.74, 6) is 0. The highest BCUT2D eigenvalue weighted by Crippen LogP contribution is 2.32. The molecule has 1 nitrogen and oxygen atoms in total. The van der Waals surface area contributed by atoms with Gasteiger partial charge in [0, 0.05) is 5.56 Å². The lowest BCUT2D eigenvalue weighted by molar-refractivity contribution is -0.137. The normalized spacial score (nSPS) is 11.8. The van der Waals surface area contributed by atoms with Crippen LogP contribution >= 0.6 is 33.9 Å². The number of benzene rings is 1. The first-order chi connectivity index (χ1) is 7.47. The van der Waals surface area contributed by atoms with Crippen LogP contribution in [0.3, 0.4) is 0 Å². The maximum absolute atomic E-state index is 12.3. The first-order valence-electron chi connectivity index (χ1n) is 4.26. The average Bonchev–Trinajstić information content (AvgIpc) is 2.64. The van der Waals surface area contributed by atoms with E-state index in [1.54, 1.807) is 6.20 Å². The smallest absolute Gasteiger partial charge is 0.243 e. The topological polar surface area (TPSA) is 12.9 Å². The number of rotatable bonds is 1. The van der Waals surface area contributed by atoms with Crippen LogP contribution in [0.25, 0.3) is 10.6 Å². The standard InChI is InChI=1S/C10H5F3INS/c11-10(12,13)7-3-1-6(2-4-7)9-15-5-8(14)16-9/h1-5H. The summed E-state index contributed by atoms with van der Waals surface area (Å²) in [7, 11) is 0. The molecule has 0 aliphatic rings. The number of thiazole rings is 1. The predicted octanol–water partition coefficient (Wildman–Crippen LogP) is 4.43. The van der Waals surface area contributed by atoms with Gasteiger partial charge in [0.25, 0.3) is 0 Å². The zero-order valence-corrected chi connectivity index (χ0v) is 10.7. The van der Waals surface area contributed by atoms with Crippen LogP contribution in [0, 0.1) is 2.88 Å². The summed E-state index contributed by atoms with van der Waals surface area (Å²) in [6.45, 7) is 0. The summed E-state index contributed by atoms with van der Waals surface area (Å²) in [5.41, 5.74) is 0.0726. The molecule has 1 aromatic carbocycles. The summed E-state index contributed by atoms with van der Waals surface area (Å²) >= 11 is 3.57. The van der Waals surface area contributed by atoms with Gasteiger partial charge in [-0.2, -0.15) is 13.2 Å². The maximum Gasteiger partial charge on any atom is 0.416 e. The fourth-order valence-electron chi connectivity index (χ4n) is 1.19. The molecule has 0 N–H and O–H groups in total. The molecule has 0 saturated heterocycles. The van der Waals surface area contributed by atoms with Gasteiger partial charge in [0.15, 0.2) is 0 Å². The molecule has 1 aromatic heterocycles. The zero-order valence-electron chi connectivity index (χ0n) is 7.75. The van der Waals surface area contributed by atoms with E-state index >= 15 is 0 Å². The van der Waals surface area contributed by atoms with Gasteiger partial charge in [0.1, 0.15) is 5.01 Å². The van der Waals surface area contributed by atoms with Gasteiger partial charge in [0.05, 0.1) is 14.6 Å². The van der Waals surface area contributed by atoms with Crippen molar-refractivity contribution in [2.45, 2.75) is 6.18 Å². The third-order valence-electron chi connectivity index (χ3n) is 1.94. The molecular weight excluding hydrogens is 350 g/mol. The second-order valence-electron chi connectivity index (χ2n) is 3.04. The van der Waals surface area contributed by atoms with Gasteiger partial charge in [-0.05, 0) is 34.7 Å². The fraction of sp³-hybridized carbons (Fsp3) is 0.100. The van der Waals surface area contributed by atoms with Gasteiger partial charge in [-0.3, -0.25) is 0 Å². The van der Waals surface area contributed by atoms with E-state index in [0.29, 0.717) is 5.56 Å². The van der Waals surface area contributed by atoms with Crippen molar-refractivity contribution >= 4 is 33.9 Å². The maximum atomic E-state index is 12.3. The summed E-state index contributed by atoms with van der Waals surface area (Å²) < 4.78 is 37.9. The van der Waals surface area contributed by atoms with E-state index in [0.717, 1.165) is 20.0 Å². The van der Waals surface area contributed by atoms with Gasteiger partial charge in [-0.15, -0.1) is 11.3 Å². The minimum atomic E-state index is -4.28. The highest BCUT2D eigenvalue weighted by molar-refractivity contribution is 14.1. The fourth-order valence-corrected chi connectivity index (χ4v) is 2.60. The lowest BCUT2D eigenvalue weighted by Crippen LogP contribution is -2.03. The number of alkyl halides is 3. The molecule has 0 fully saturated rings. The van der Waals surface area contributed by atoms with Crippen molar-refractivity contribution in [2.24, 2.45) is 0 Å². The van der Waals surface area contributed by atoms with Crippen molar-refractivity contribution in [3.63, 3.8) is 0 Å². The van der Waals surface area contributed by atoms with E-state index in [1.807, 2.05) is 0 Å². The van der Waals surface area contributed by atoms with Crippen molar-refractivity contribution in [1.82, 2.24) is 4.98 Å². The number of aromatic nitrogens is 1. The van der Waals surface area contributed by atoms with Crippen LogP contribution in [-0.4, -0.2) is 4.98 Å². The number of nitrogens with zero attached hydrogens (tertiary/aromatic N) is 1. The molecule has 2 aromatic rings. The molecule has 84 valence electrons. The molecule has 0 saturated carbocycles. The molecule has 0 unspecified atom stereocenters. The Morgan fingerprint density at radius 1 is 1.12 bits per heavy atom. The van der Waals surface area contributed by atoms with E-state index in [9.17, 15) is 13.2 Å². The molecule has 2 rings (SSSR count). The quantitative estimate of drug-likeness (QED) is 0.690. The van der Waals surface area contributed by atoms with Crippen LogP contribution in [0.1, 0.15) is 5.56 Å². The Kier molecular flexibility index (Phi) is 3.20. The third-order valence-corrected chi connectivity index (χ3v) is 3.71. The van der Waals surface area contributed by atoms with Gasteiger partial charge in [-0.25, -0.2) is 4.98 Å². The second-order valence-corrected chi connectivity index (χ2v) is 5.97.